The molecular formula is C25H26O7. The molecule has 2 rings (SSSR count). The quantitative estimate of drug-likeness (QED) is 0.155. The molecule has 0 fully saturated rings. The van der Waals surface area contributed by atoms with Crippen LogP contribution < -0.4 is 0 Å². The van der Waals surface area contributed by atoms with Crippen LogP contribution in [0.5, 0.6) is 0 Å². The van der Waals surface area contributed by atoms with Crippen LogP contribution in [0.4, 0.5) is 0 Å². The summed E-state index contributed by atoms with van der Waals surface area (Å²) in [7, 11) is 0. The van der Waals surface area contributed by atoms with Gasteiger partial charge in [0.2, 0.25) is 0 Å². The van der Waals surface area contributed by atoms with E-state index in [1.54, 1.807) is 49.4 Å². The van der Waals surface area contributed by atoms with E-state index in [-0.39, 0.29) is 37.6 Å². The summed E-state index contributed by atoms with van der Waals surface area (Å²) >= 11 is 0. The van der Waals surface area contributed by atoms with Crippen LogP contribution in [0.3, 0.4) is 0 Å². The van der Waals surface area contributed by atoms with E-state index in [0.29, 0.717) is 6.42 Å². The molecule has 0 N–H and O–H groups in total. The SMILES string of the molecule is C=CCOCC(CC)(COC(=O)C(=O)c1ccccc1)COC(=O)C(=O)c1ccccc1. The molecule has 0 amide bonds. The third kappa shape index (κ3) is 6.99. The zero-order chi connectivity index (χ0) is 23.4. The minimum absolute atomic E-state index is 0.0646. The van der Waals surface area contributed by atoms with Crippen molar-refractivity contribution in [2.75, 3.05) is 26.4 Å². The highest BCUT2D eigenvalue weighted by Crippen LogP contribution is 2.25. The number of benzene rings is 2. The van der Waals surface area contributed by atoms with Gasteiger partial charge in [0.25, 0.3) is 11.6 Å². The number of carbonyl (C=O) groups excluding carboxylic acids is 4. The van der Waals surface area contributed by atoms with E-state index in [4.69, 9.17) is 14.2 Å². The molecule has 2 aromatic rings. The average Bonchev–Trinajstić information content (AvgIpc) is 2.85. The van der Waals surface area contributed by atoms with Crippen molar-refractivity contribution < 1.29 is 33.4 Å². The predicted molar refractivity (Wildman–Crippen MR) is 117 cm³/mol. The van der Waals surface area contributed by atoms with Crippen LogP contribution in [0.25, 0.3) is 0 Å². The average molecular weight is 438 g/mol. The van der Waals surface area contributed by atoms with Crippen molar-refractivity contribution in [2.24, 2.45) is 5.41 Å². The Kier molecular flexibility index (Phi) is 9.50. The summed E-state index contributed by atoms with van der Waals surface area (Å²) in [5.41, 5.74) is -0.521. The Morgan fingerprint density at radius 1 is 0.781 bits per heavy atom. The first-order valence-electron chi connectivity index (χ1n) is 10.1. The van der Waals surface area contributed by atoms with Gasteiger partial charge in [0.05, 0.1) is 18.6 Å². The maximum atomic E-state index is 12.3. The highest BCUT2D eigenvalue weighted by Gasteiger charge is 2.34. The topological polar surface area (TPSA) is 96.0 Å². The summed E-state index contributed by atoms with van der Waals surface area (Å²) in [6, 6.07) is 16.1. The number of rotatable bonds is 13. The molecule has 0 aliphatic carbocycles. The maximum Gasteiger partial charge on any atom is 0.379 e. The van der Waals surface area contributed by atoms with Crippen LogP contribution in [-0.2, 0) is 23.8 Å². The lowest BCUT2D eigenvalue weighted by molar-refractivity contribution is -0.152. The maximum absolute atomic E-state index is 12.3. The number of ketones is 2. The summed E-state index contributed by atoms with van der Waals surface area (Å²) in [5.74, 6) is -3.61. The second-order valence-electron chi connectivity index (χ2n) is 7.20. The molecule has 0 aliphatic heterocycles. The van der Waals surface area contributed by atoms with Gasteiger partial charge in [-0.15, -0.1) is 6.58 Å². The van der Waals surface area contributed by atoms with E-state index in [9.17, 15) is 19.2 Å². The third-order valence-corrected chi connectivity index (χ3v) is 4.86. The van der Waals surface area contributed by atoms with Crippen molar-refractivity contribution in [1.82, 2.24) is 0 Å². The largest absolute Gasteiger partial charge is 0.459 e. The molecule has 0 aliphatic rings. The number of Topliss-reactive ketones (excluding diaryl/α,β-unsaturated/α-hetero) is 2. The molecular weight excluding hydrogens is 412 g/mol. The molecule has 0 aromatic heterocycles. The van der Waals surface area contributed by atoms with Crippen molar-refractivity contribution >= 4 is 23.5 Å². The second kappa shape index (κ2) is 12.3. The van der Waals surface area contributed by atoms with E-state index in [1.165, 1.54) is 24.3 Å². The van der Waals surface area contributed by atoms with E-state index in [1.807, 2.05) is 0 Å². The van der Waals surface area contributed by atoms with E-state index >= 15 is 0 Å². The molecule has 0 unspecified atom stereocenters. The van der Waals surface area contributed by atoms with Crippen molar-refractivity contribution in [2.45, 2.75) is 13.3 Å². The van der Waals surface area contributed by atoms with Crippen LogP contribution in [0, 0.1) is 5.41 Å². The second-order valence-corrected chi connectivity index (χ2v) is 7.20. The van der Waals surface area contributed by atoms with Gasteiger partial charge in [-0.25, -0.2) is 9.59 Å². The summed E-state index contributed by atoms with van der Waals surface area (Å²) in [4.78, 5) is 49.1. The van der Waals surface area contributed by atoms with Crippen molar-refractivity contribution in [3.8, 4) is 0 Å². The van der Waals surface area contributed by atoms with Gasteiger partial charge < -0.3 is 14.2 Å². The Bertz CT molecular complexity index is 868. The predicted octanol–water partition coefficient (Wildman–Crippen LogP) is 3.44. The van der Waals surface area contributed by atoms with Gasteiger partial charge >= 0.3 is 11.9 Å². The smallest absolute Gasteiger partial charge is 0.379 e. The van der Waals surface area contributed by atoms with Crippen LogP contribution in [-0.4, -0.2) is 49.9 Å². The van der Waals surface area contributed by atoms with Gasteiger partial charge in [-0.1, -0.05) is 73.7 Å². The Labute approximate surface area is 187 Å². The third-order valence-electron chi connectivity index (χ3n) is 4.86. The van der Waals surface area contributed by atoms with Gasteiger partial charge in [-0.2, -0.15) is 0 Å². The molecule has 0 saturated heterocycles. The molecule has 0 bridgehead atoms. The van der Waals surface area contributed by atoms with Crippen LogP contribution in [0.1, 0.15) is 34.1 Å². The lowest BCUT2D eigenvalue weighted by Crippen LogP contribution is -2.40. The summed E-state index contributed by atoms with van der Waals surface area (Å²) in [6.07, 6.45) is 1.94. The molecule has 0 spiro atoms. The number of hydrogen-bond donors (Lipinski definition) is 0. The summed E-state index contributed by atoms with van der Waals surface area (Å²) in [6.45, 7) is 5.22. The number of esters is 2. The molecule has 7 nitrogen and oxygen atoms in total. The van der Waals surface area contributed by atoms with Crippen LogP contribution in [0.2, 0.25) is 0 Å². The lowest BCUT2D eigenvalue weighted by atomic mass is 9.88. The molecule has 7 heteroatoms. The van der Waals surface area contributed by atoms with Gasteiger partial charge in [0, 0.05) is 11.1 Å². The van der Waals surface area contributed by atoms with E-state index in [0.717, 1.165) is 0 Å². The highest BCUT2D eigenvalue weighted by molar-refractivity contribution is 6.41. The van der Waals surface area contributed by atoms with E-state index in [2.05, 4.69) is 6.58 Å². The standard InChI is InChI=1S/C25H26O7/c1-3-15-30-16-25(4-2,17-31-23(28)21(26)19-11-7-5-8-12-19)18-32-24(29)22(27)20-13-9-6-10-14-20/h3,5-14H,1,4,15-18H2,2H3. The number of hydrogen-bond acceptors (Lipinski definition) is 7. The van der Waals surface area contributed by atoms with Gasteiger partial charge in [0.15, 0.2) is 0 Å². The van der Waals surface area contributed by atoms with Crippen molar-refractivity contribution in [3.63, 3.8) is 0 Å². The Morgan fingerprint density at radius 2 is 1.22 bits per heavy atom. The minimum Gasteiger partial charge on any atom is -0.459 e. The molecule has 0 radical (unpaired) electrons. The zero-order valence-electron chi connectivity index (χ0n) is 18.0. The lowest BCUT2D eigenvalue weighted by Gasteiger charge is -2.31. The van der Waals surface area contributed by atoms with Crippen molar-refractivity contribution in [1.29, 1.82) is 0 Å². The summed E-state index contributed by atoms with van der Waals surface area (Å²) in [5, 5.41) is 0. The summed E-state index contributed by atoms with van der Waals surface area (Å²) < 4.78 is 16.0. The molecule has 0 saturated carbocycles. The Hall–Kier alpha value is -3.58. The molecule has 32 heavy (non-hydrogen) atoms. The normalized spacial score (nSPS) is 10.8. The first-order valence-corrected chi connectivity index (χ1v) is 10.1. The monoisotopic (exact) mass is 438 g/mol. The van der Waals surface area contributed by atoms with Crippen molar-refractivity contribution in [3.05, 3.63) is 84.4 Å². The fourth-order valence-corrected chi connectivity index (χ4v) is 2.77. The number of ether oxygens (including phenoxy) is 3. The zero-order valence-corrected chi connectivity index (χ0v) is 18.0. The molecule has 2 aromatic carbocycles. The molecule has 0 atom stereocenters. The number of carbonyl (C=O) groups is 4. The van der Waals surface area contributed by atoms with Crippen LogP contribution >= 0.6 is 0 Å². The fourth-order valence-electron chi connectivity index (χ4n) is 2.77. The molecule has 0 heterocycles. The van der Waals surface area contributed by atoms with Crippen LogP contribution in [0.15, 0.2) is 73.3 Å². The Balaban J connectivity index is 2.05. The van der Waals surface area contributed by atoms with Gasteiger partial charge in [-0.3, -0.25) is 9.59 Å². The Morgan fingerprint density at radius 3 is 1.59 bits per heavy atom. The minimum atomic E-state index is -1.02. The fraction of sp³-hybridized carbons (Fsp3) is 0.280. The van der Waals surface area contributed by atoms with Gasteiger partial charge in [-0.05, 0) is 6.42 Å². The highest BCUT2D eigenvalue weighted by atomic mass is 16.6. The molecule has 168 valence electrons. The first-order chi connectivity index (χ1) is 15.4. The van der Waals surface area contributed by atoms with Gasteiger partial charge in [0.1, 0.15) is 13.2 Å². The van der Waals surface area contributed by atoms with E-state index < -0.39 is 28.9 Å². The first kappa shape index (κ1) is 24.7.